The molecule has 3 aromatic rings. The van der Waals surface area contributed by atoms with Crippen molar-refractivity contribution in [2.24, 2.45) is 5.92 Å². The van der Waals surface area contributed by atoms with E-state index in [1.807, 2.05) is 58.0 Å². The molecule has 2 aromatic carbocycles. The van der Waals surface area contributed by atoms with Gasteiger partial charge in [0.25, 0.3) is 0 Å². The molecule has 0 radical (unpaired) electrons. The van der Waals surface area contributed by atoms with Gasteiger partial charge < -0.3 is 9.84 Å². The lowest BCUT2D eigenvalue weighted by atomic mass is 9.98. The number of sulfonamides is 1. The Morgan fingerprint density at radius 2 is 1.73 bits per heavy atom. The second kappa shape index (κ2) is 11.0. The van der Waals surface area contributed by atoms with E-state index in [-0.39, 0.29) is 23.1 Å². The Hall–Kier alpha value is -3.23. The number of nitrogens with one attached hydrogen (secondary N) is 1. The first kappa shape index (κ1) is 26.8. The van der Waals surface area contributed by atoms with Crippen LogP contribution >= 0.6 is 0 Å². The molecule has 0 bridgehead atoms. The maximum atomic E-state index is 13.7. The monoisotopic (exact) mass is 521 g/mol. The van der Waals surface area contributed by atoms with Crippen LogP contribution in [0.1, 0.15) is 57.7 Å². The maximum Gasteiger partial charge on any atom is 0.248 e. The fourth-order valence-corrected chi connectivity index (χ4v) is 6.73. The van der Waals surface area contributed by atoms with Crippen LogP contribution in [0.5, 0.6) is 0 Å². The highest BCUT2D eigenvalue weighted by molar-refractivity contribution is 7.89. The summed E-state index contributed by atoms with van der Waals surface area (Å²) in [5.74, 6) is -0.346. The summed E-state index contributed by atoms with van der Waals surface area (Å²) in [4.78, 5) is 13.0. The molecule has 8 heteroatoms. The van der Waals surface area contributed by atoms with Crippen molar-refractivity contribution in [2.75, 3.05) is 13.1 Å². The van der Waals surface area contributed by atoms with Crippen LogP contribution in [0.2, 0.25) is 0 Å². The zero-order valence-corrected chi connectivity index (χ0v) is 23.0. The lowest BCUT2D eigenvalue weighted by Gasteiger charge is -2.31. The number of benzene rings is 2. The first-order valence-electron chi connectivity index (χ1n) is 12.6. The molecule has 196 valence electrons. The second-order valence-corrected chi connectivity index (χ2v) is 11.9. The van der Waals surface area contributed by atoms with Crippen LogP contribution in [0, 0.1) is 40.5 Å². The number of carbonyl (C=O) groups is 1. The number of hydrogen-bond donors (Lipinski definition) is 1. The Kier molecular flexibility index (Phi) is 7.99. The Balaban J connectivity index is 1.51. The van der Waals surface area contributed by atoms with Crippen molar-refractivity contribution in [3.05, 3.63) is 81.2 Å². The molecule has 1 atom stereocenters. The van der Waals surface area contributed by atoms with Gasteiger partial charge in [-0.25, -0.2) is 8.42 Å². The molecule has 1 unspecified atom stereocenters. The van der Waals surface area contributed by atoms with Crippen LogP contribution in [-0.2, 0) is 21.4 Å². The van der Waals surface area contributed by atoms with Crippen molar-refractivity contribution in [1.29, 1.82) is 0 Å². The lowest BCUT2D eigenvalue weighted by molar-refractivity contribution is -0.126. The summed E-state index contributed by atoms with van der Waals surface area (Å²) < 4.78 is 34.3. The Labute approximate surface area is 219 Å². The van der Waals surface area contributed by atoms with Gasteiger partial charge in [-0.15, -0.1) is 0 Å². The Morgan fingerprint density at radius 1 is 1.05 bits per heavy atom. The molecule has 1 N–H and O–H groups in total. The van der Waals surface area contributed by atoms with Crippen LogP contribution in [0.25, 0.3) is 12.2 Å². The van der Waals surface area contributed by atoms with Crippen LogP contribution < -0.4 is 5.32 Å². The standard InChI is InChI=1S/C29H35N3O4S/c1-19-8-10-24(11-9-19)17-30-29(33)25-7-6-14-32(18-25)37(34,35)28-23(5)31-36-27(28)13-12-26-21(3)15-20(2)16-22(26)4/h8-13,15-16,25H,6-7,14,17-18H2,1-5H3,(H,30,33). The van der Waals surface area contributed by atoms with E-state index in [2.05, 4.69) is 22.6 Å². The third-order valence-electron chi connectivity index (χ3n) is 6.91. The highest BCUT2D eigenvalue weighted by Crippen LogP contribution is 2.30. The molecule has 1 amide bonds. The SMILES string of the molecule is Cc1ccc(CNC(=O)C2CCCN(S(=O)(=O)c3c(C)noc3C=Cc3c(C)cc(C)cc3C)C2)cc1. The van der Waals surface area contributed by atoms with Gasteiger partial charge in [-0.1, -0.05) is 58.8 Å². The van der Waals surface area contributed by atoms with E-state index in [1.54, 1.807) is 13.0 Å². The van der Waals surface area contributed by atoms with Crippen molar-refractivity contribution in [1.82, 2.24) is 14.8 Å². The number of carbonyl (C=O) groups excluding carboxylic acids is 1. The summed E-state index contributed by atoms with van der Waals surface area (Å²) in [6.07, 6.45) is 4.81. The number of hydrogen-bond acceptors (Lipinski definition) is 5. The van der Waals surface area contributed by atoms with E-state index >= 15 is 0 Å². The molecule has 37 heavy (non-hydrogen) atoms. The molecule has 0 saturated carbocycles. The van der Waals surface area contributed by atoms with Gasteiger partial charge in [-0.2, -0.15) is 4.31 Å². The highest BCUT2D eigenvalue weighted by Gasteiger charge is 2.36. The molecule has 1 fully saturated rings. The Morgan fingerprint density at radius 3 is 2.41 bits per heavy atom. The van der Waals surface area contributed by atoms with Gasteiger partial charge in [-0.05, 0) is 75.8 Å². The van der Waals surface area contributed by atoms with Gasteiger partial charge in [0.1, 0.15) is 5.69 Å². The van der Waals surface area contributed by atoms with E-state index in [0.717, 1.165) is 27.8 Å². The van der Waals surface area contributed by atoms with E-state index in [0.29, 0.717) is 31.6 Å². The molecule has 1 saturated heterocycles. The van der Waals surface area contributed by atoms with Crippen LogP contribution in [0.3, 0.4) is 0 Å². The average molecular weight is 522 g/mol. The largest absolute Gasteiger partial charge is 0.355 e. The topological polar surface area (TPSA) is 92.5 Å². The number of amides is 1. The van der Waals surface area contributed by atoms with Crippen LogP contribution in [0.4, 0.5) is 0 Å². The second-order valence-electron chi connectivity index (χ2n) is 10.0. The average Bonchev–Trinajstić information content (AvgIpc) is 3.24. The maximum absolute atomic E-state index is 13.7. The predicted octanol–water partition coefficient (Wildman–Crippen LogP) is 5.10. The minimum atomic E-state index is -3.90. The molecule has 1 aliphatic rings. The molecule has 0 spiro atoms. The van der Waals surface area contributed by atoms with Crippen molar-refractivity contribution in [3.8, 4) is 0 Å². The number of nitrogens with zero attached hydrogens (tertiary/aromatic N) is 2. The van der Waals surface area contributed by atoms with Crippen molar-refractivity contribution in [2.45, 2.75) is 58.9 Å². The number of rotatable bonds is 7. The van der Waals surface area contributed by atoms with E-state index < -0.39 is 15.9 Å². The minimum Gasteiger partial charge on any atom is -0.355 e. The molecule has 0 aliphatic carbocycles. The summed E-state index contributed by atoms with van der Waals surface area (Å²) in [7, 11) is -3.90. The summed E-state index contributed by atoms with van der Waals surface area (Å²) in [6, 6.07) is 12.2. The first-order valence-corrected chi connectivity index (χ1v) is 14.1. The number of piperidine rings is 1. The first-order chi connectivity index (χ1) is 17.6. The van der Waals surface area contributed by atoms with Crippen LogP contribution in [-0.4, -0.2) is 36.9 Å². The van der Waals surface area contributed by atoms with Gasteiger partial charge >= 0.3 is 0 Å². The predicted molar refractivity (Wildman–Crippen MR) is 145 cm³/mol. The third kappa shape index (κ3) is 6.02. The van der Waals surface area contributed by atoms with E-state index in [9.17, 15) is 13.2 Å². The molecule has 2 heterocycles. The fraction of sp³-hybridized carbons (Fsp3) is 0.379. The van der Waals surface area contributed by atoms with Crippen LogP contribution in [0.15, 0.2) is 45.8 Å². The van der Waals surface area contributed by atoms with E-state index in [1.165, 1.54) is 9.87 Å². The summed E-state index contributed by atoms with van der Waals surface area (Å²) in [5, 5.41) is 6.93. The quantitative estimate of drug-likeness (QED) is 0.467. The third-order valence-corrected chi connectivity index (χ3v) is 8.94. The lowest BCUT2D eigenvalue weighted by Crippen LogP contribution is -2.45. The summed E-state index contributed by atoms with van der Waals surface area (Å²) in [6.45, 7) is 10.7. The number of aromatic nitrogens is 1. The molecule has 4 rings (SSSR count). The normalized spacial score (nSPS) is 16.8. The fourth-order valence-electron chi connectivity index (χ4n) is 4.96. The van der Waals surface area contributed by atoms with Crippen molar-refractivity contribution < 1.29 is 17.7 Å². The van der Waals surface area contributed by atoms with Crippen molar-refractivity contribution in [3.63, 3.8) is 0 Å². The molecule has 1 aromatic heterocycles. The van der Waals surface area contributed by atoms with Gasteiger partial charge in [-0.3, -0.25) is 4.79 Å². The van der Waals surface area contributed by atoms with Crippen molar-refractivity contribution >= 4 is 28.1 Å². The van der Waals surface area contributed by atoms with Gasteiger partial charge in [0, 0.05) is 19.6 Å². The Bertz CT molecular complexity index is 1400. The van der Waals surface area contributed by atoms with Gasteiger partial charge in [0.15, 0.2) is 10.7 Å². The molecule has 1 aliphatic heterocycles. The smallest absolute Gasteiger partial charge is 0.248 e. The minimum absolute atomic E-state index is 0.0619. The summed E-state index contributed by atoms with van der Waals surface area (Å²) >= 11 is 0. The van der Waals surface area contributed by atoms with Gasteiger partial charge in [0.05, 0.1) is 5.92 Å². The van der Waals surface area contributed by atoms with Gasteiger partial charge in [0.2, 0.25) is 15.9 Å². The molecule has 7 nitrogen and oxygen atoms in total. The molecular formula is C29H35N3O4S. The zero-order valence-electron chi connectivity index (χ0n) is 22.2. The summed E-state index contributed by atoms with van der Waals surface area (Å²) in [5.41, 5.74) is 6.87. The molecular weight excluding hydrogens is 486 g/mol. The highest BCUT2D eigenvalue weighted by atomic mass is 32.2. The zero-order chi connectivity index (χ0) is 26.7. The van der Waals surface area contributed by atoms with E-state index in [4.69, 9.17) is 4.52 Å². The number of aryl methyl sites for hydroxylation is 5.